The first-order valence-electron chi connectivity index (χ1n) is 6.80. The minimum atomic E-state index is -0.0241. The van der Waals surface area contributed by atoms with Gasteiger partial charge in [0.05, 0.1) is 20.8 Å². The highest BCUT2D eigenvalue weighted by molar-refractivity contribution is 5.93. The monoisotopic (exact) mass is 280 g/mol. The van der Waals surface area contributed by atoms with Gasteiger partial charge in [0, 0.05) is 11.8 Å². The lowest BCUT2D eigenvalue weighted by Gasteiger charge is -2.18. The number of carbonyl (C=O) groups is 1. The van der Waals surface area contributed by atoms with Crippen molar-refractivity contribution in [3.63, 3.8) is 0 Å². The van der Waals surface area contributed by atoms with Gasteiger partial charge in [0.2, 0.25) is 5.91 Å². The summed E-state index contributed by atoms with van der Waals surface area (Å²) < 4.78 is 10.5. The van der Waals surface area contributed by atoms with Crippen molar-refractivity contribution in [2.45, 2.75) is 20.8 Å². The highest BCUT2D eigenvalue weighted by atomic mass is 16.5. The Morgan fingerprint density at radius 3 is 2.20 bits per heavy atom. The molecule has 0 aromatic heterocycles. The molecule has 1 aromatic rings. The van der Waals surface area contributed by atoms with E-state index in [-0.39, 0.29) is 5.91 Å². The molecule has 112 valence electrons. The average Bonchev–Trinajstić information content (AvgIpc) is 2.46. The molecule has 0 radical (unpaired) electrons. The van der Waals surface area contributed by atoms with Crippen LogP contribution in [0.2, 0.25) is 0 Å². The van der Waals surface area contributed by atoms with Crippen LogP contribution in [0.1, 0.15) is 19.4 Å². The summed E-state index contributed by atoms with van der Waals surface area (Å²) in [6.07, 6.45) is 0. The number of rotatable bonds is 7. The molecule has 20 heavy (non-hydrogen) atoms. The average molecular weight is 280 g/mol. The quantitative estimate of drug-likeness (QED) is 0.832. The van der Waals surface area contributed by atoms with Crippen LogP contribution in [0, 0.1) is 6.92 Å². The Balaban J connectivity index is 2.84. The van der Waals surface area contributed by atoms with Crippen LogP contribution in [0.3, 0.4) is 0 Å². The Morgan fingerprint density at radius 1 is 1.15 bits per heavy atom. The molecule has 1 rings (SSSR count). The summed E-state index contributed by atoms with van der Waals surface area (Å²) in [5.74, 6) is 1.24. The zero-order valence-electron chi connectivity index (χ0n) is 12.9. The molecular formula is C15H24N2O3. The number of ether oxygens (including phenoxy) is 2. The number of nitrogens with zero attached hydrogens (tertiary/aromatic N) is 1. The lowest BCUT2D eigenvalue weighted by atomic mass is 10.1. The molecule has 0 aliphatic heterocycles. The second-order valence-electron chi connectivity index (χ2n) is 4.53. The number of benzene rings is 1. The third kappa shape index (κ3) is 4.13. The largest absolute Gasteiger partial charge is 0.493 e. The first kappa shape index (κ1) is 16.3. The molecular weight excluding hydrogens is 256 g/mol. The first-order chi connectivity index (χ1) is 9.55. The fourth-order valence-corrected chi connectivity index (χ4v) is 1.96. The maximum atomic E-state index is 12.0. The summed E-state index contributed by atoms with van der Waals surface area (Å²) in [7, 11) is 3.17. The van der Waals surface area contributed by atoms with Gasteiger partial charge >= 0.3 is 0 Å². The smallest absolute Gasteiger partial charge is 0.238 e. The topological polar surface area (TPSA) is 50.8 Å². The molecule has 0 heterocycles. The van der Waals surface area contributed by atoms with Gasteiger partial charge in [-0.2, -0.15) is 0 Å². The molecule has 0 aliphatic carbocycles. The summed E-state index contributed by atoms with van der Waals surface area (Å²) >= 11 is 0. The van der Waals surface area contributed by atoms with Crippen LogP contribution in [0.15, 0.2) is 12.1 Å². The molecule has 0 spiro atoms. The van der Waals surface area contributed by atoms with Crippen molar-refractivity contribution in [3.8, 4) is 11.5 Å². The number of amides is 1. The molecule has 1 N–H and O–H groups in total. The third-order valence-electron chi connectivity index (χ3n) is 3.27. The van der Waals surface area contributed by atoms with E-state index in [0.717, 1.165) is 24.3 Å². The van der Waals surface area contributed by atoms with E-state index in [9.17, 15) is 4.79 Å². The number of likely N-dealkylation sites (N-methyl/N-ethyl adjacent to an activating group) is 1. The zero-order valence-corrected chi connectivity index (χ0v) is 12.9. The number of methoxy groups -OCH3 is 2. The third-order valence-corrected chi connectivity index (χ3v) is 3.27. The van der Waals surface area contributed by atoms with Crippen molar-refractivity contribution in [2.24, 2.45) is 0 Å². The summed E-state index contributed by atoms with van der Waals surface area (Å²) in [6.45, 7) is 8.11. The standard InChI is InChI=1S/C15H24N2O3/c1-6-17(7-2)10-15(18)16-12-9-14(20-5)13(19-4)8-11(12)3/h8-9H,6-7,10H2,1-5H3,(H,16,18). The fraction of sp³-hybridized carbons (Fsp3) is 0.533. The molecule has 0 saturated carbocycles. The van der Waals surface area contributed by atoms with Crippen LogP contribution >= 0.6 is 0 Å². The van der Waals surface area contributed by atoms with Crippen LogP contribution in [-0.4, -0.2) is 44.7 Å². The summed E-state index contributed by atoms with van der Waals surface area (Å²) in [6, 6.07) is 3.64. The molecule has 5 nitrogen and oxygen atoms in total. The van der Waals surface area contributed by atoms with Gasteiger partial charge in [-0.1, -0.05) is 13.8 Å². The van der Waals surface area contributed by atoms with Gasteiger partial charge in [-0.3, -0.25) is 9.69 Å². The molecule has 5 heteroatoms. The Bertz CT molecular complexity index is 457. The number of hydrogen-bond donors (Lipinski definition) is 1. The van der Waals surface area contributed by atoms with E-state index in [1.165, 1.54) is 0 Å². The Kier molecular flexibility index (Phi) is 6.31. The van der Waals surface area contributed by atoms with Crippen molar-refractivity contribution < 1.29 is 14.3 Å². The molecule has 0 saturated heterocycles. The minimum Gasteiger partial charge on any atom is -0.493 e. The lowest BCUT2D eigenvalue weighted by Crippen LogP contribution is -2.33. The number of carbonyl (C=O) groups excluding carboxylic acids is 1. The van der Waals surface area contributed by atoms with Crippen LogP contribution < -0.4 is 14.8 Å². The highest BCUT2D eigenvalue weighted by Gasteiger charge is 2.12. The second kappa shape index (κ2) is 7.75. The molecule has 1 amide bonds. The molecule has 0 aliphatic rings. The van der Waals surface area contributed by atoms with E-state index in [4.69, 9.17) is 9.47 Å². The van der Waals surface area contributed by atoms with Gasteiger partial charge in [-0.25, -0.2) is 0 Å². The summed E-state index contributed by atoms with van der Waals surface area (Å²) in [4.78, 5) is 14.1. The molecule has 0 fully saturated rings. The normalized spacial score (nSPS) is 10.5. The summed E-state index contributed by atoms with van der Waals surface area (Å²) in [5, 5.41) is 2.92. The van der Waals surface area contributed by atoms with Crippen molar-refractivity contribution in [3.05, 3.63) is 17.7 Å². The second-order valence-corrected chi connectivity index (χ2v) is 4.53. The van der Waals surface area contributed by atoms with Gasteiger partial charge in [0.15, 0.2) is 11.5 Å². The van der Waals surface area contributed by atoms with Crippen molar-refractivity contribution in [1.29, 1.82) is 0 Å². The number of nitrogens with one attached hydrogen (secondary N) is 1. The summed E-state index contributed by atoms with van der Waals surface area (Å²) in [5.41, 5.74) is 1.69. The Hall–Kier alpha value is -1.75. The van der Waals surface area contributed by atoms with E-state index in [2.05, 4.69) is 10.2 Å². The minimum absolute atomic E-state index is 0.0241. The lowest BCUT2D eigenvalue weighted by molar-refractivity contribution is -0.117. The number of hydrogen-bond acceptors (Lipinski definition) is 4. The van der Waals surface area contributed by atoms with Crippen LogP contribution in [-0.2, 0) is 4.79 Å². The van der Waals surface area contributed by atoms with Gasteiger partial charge in [-0.05, 0) is 31.6 Å². The van der Waals surface area contributed by atoms with Crippen molar-refractivity contribution in [2.75, 3.05) is 39.2 Å². The van der Waals surface area contributed by atoms with E-state index < -0.39 is 0 Å². The highest BCUT2D eigenvalue weighted by Crippen LogP contribution is 2.32. The predicted octanol–water partition coefficient (Wildman–Crippen LogP) is 2.29. The first-order valence-corrected chi connectivity index (χ1v) is 6.80. The van der Waals surface area contributed by atoms with Gasteiger partial charge in [0.25, 0.3) is 0 Å². The van der Waals surface area contributed by atoms with E-state index in [1.807, 2.05) is 26.8 Å². The fourth-order valence-electron chi connectivity index (χ4n) is 1.96. The number of aryl methyl sites for hydroxylation is 1. The molecule has 0 atom stereocenters. The van der Waals surface area contributed by atoms with Crippen LogP contribution in [0.4, 0.5) is 5.69 Å². The zero-order chi connectivity index (χ0) is 15.1. The van der Waals surface area contributed by atoms with Crippen LogP contribution in [0.25, 0.3) is 0 Å². The number of anilines is 1. The maximum absolute atomic E-state index is 12.0. The van der Waals surface area contributed by atoms with Gasteiger partial charge < -0.3 is 14.8 Å². The van der Waals surface area contributed by atoms with E-state index >= 15 is 0 Å². The Labute approximate surface area is 120 Å². The van der Waals surface area contributed by atoms with E-state index in [1.54, 1.807) is 20.3 Å². The SMILES string of the molecule is CCN(CC)CC(=O)Nc1cc(OC)c(OC)cc1C. The predicted molar refractivity (Wildman–Crippen MR) is 80.7 cm³/mol. The Morgan fingerprint density at radius 2 is 1.70 bits per heavy atom. The van der Waals surface area contributed by atoms with Crippen molar-refractivity contribution >= 4 is 11.6 Å². The van der Waals surface area contributed by atoms with Gasteiger partial charge in [-0.15, -0.1) is 0 Å². The van der Waals surface area contributed by atoms with Gasteiger partial charge in [0.1, 0.15) is 0 Å². The molecule has 1 aromatic carbocycles. The van der Waals surface area contributed by atoms with Crippen molar-refractivity contribution in [1.82, 2.24) is 4.90 Å². The maximum Gasteiger partial charge on any atom is 0.238 e. The van der Waals surface area contributed by atoms with Crippen LogP contribution in [0.5, 0.6) is 11.5 Å². The van der Waals surface area contributed by atoms with E-state index in [0.29, 0.717) is 18.0 Å². The molecule has 0 bridgehead atoms. The molecule has 0 unspecified atom stereocenters.